The van der Waals surface area contributed by atoms with Gasteiger partial charge in [0.1, 0.15) is 5.75 Å². The second-order valence-electron chi connectivity index (χ2n) is 6.71. The summed E-state index contributed by atoms with van der Waals surface area (Å²) >= 11 is 0. The number of nitrogens with one attached hydrogen (secondary N) is 2. The van der Waals surface area contributed by atoms with E-state index < -0.39 is 12.2 Å². The lowest BCUT2D eigenvalue weighted by molar-refractivity contribution is -0.127. The number of ether oxygens (including phenoxy) is 2. The predicted octanol–water partition coefficient (Wildman–Crippen LogP) is 3.19. The Bertz CT molecular complexity index is 930. The monoisotopic (exact) mass is 411 g/mol. The molecule has 2 aromatic carbocycles. The molecule has 3 rings (SSSR count). The molecule has 0 spiro atoms. The molecule has 2 aromatic rings. The quantitative estimate of drug-likeness (QED) is 0.761. The van der Waals surface area contributed by atoms with Gasteiger partial charge in [-0.15, -0.1) is 0 Å². The molecule has 1 heterocycles. The smallest absolute Gasteiger partial charge is 0.411 e. The summed E-state index contributed by atoms with van der Waals surface area (Å²) in [6.07, 6.45) is -0.597. The minimum Gasteiger partial charge on any atom is -0.477 e. The van der Waals surface area contributed by atoms with Crippen molar-refractivity contribution < 1.29 is 23.9 Å². The minimum atomic E-state index is -0.809. The fourth-order valence-corrected chi connectivity index (χ4v) is 3.10. The Morgan fingerprint density at radius 1 is 1.13 bits per heavy atom. The summed E-state index contributed by atoms with van der Waals surface area (Å²) in [5, 5.41) is 5.40. The van der Waals surface area contributed by atoms with Crippen LogP contribution in [-0.2, 0) is 9.53 Å². The molecule has 8 nitrogen and oxygen atoms in total. The van der Waals surface area contributed by atoms with Gasteiger partial charge in [-0.1, -0.05) is 25.1 Å². The average Bonchev–Trinajstić information content (AvgIpc) is 2.76. The molecule has 158 valence electrons. The fraction of sp³-hybridized carbons (Fsp3) is 0.318. The van der Waals surface area contributed by atoms with Gasteiger partial charge >= 0.3 is 6.09 Å². The van der Waals surface area contributed by atoms with Crippen molar-refractivity contribution in [2.45, 2.75) is 26.4 Å². The molecule has 0 saturated heterocycles. The first-order valence-corrected chi connectivity index (χ1v) is 9.92. The molecule has 0 aliphatic carbocycles. The zero-order chi connectivity index (χ0) is 21.5. The third kappa shape index (κ3) is 4.89. The van der Waals surface area contributed by atoms with Crippen LogP contribution in [0.3, 0.4) is 0 Å². The highest BCUT2D eigenvalue weighted by Crippen LogP contribution is 2.34. The first-order valence-electron chi connectivity index (χ1n) is 9.92. The van der Waals surface area contributed by atoms with E-state index in [9.17, 15) is 14.4 Å². The summed E-state index contributed by atoms with van der Waals surface area (Å²) in [4.78, 5) is 39.0. The van der Waals surface area contributed by atoms with Gasteiger partial charge in [0.25, 0.3) is 11.8 Å². The molecular weight excluding hydrogens is 386 g/mol. The topological polar surface area (TPSA) is 97.0 Å². The Balaban J connectivity index is 1.85. The Hall–Kier alpha value is -3.55. The Morgan fingerprint density at radius 2 is 1.93 bits per heavy atom. The first kappa shape index (κ1) is 21.2. The highest BCUT2D eigenvalue weighted by atomic mass is 16.5. The molecular formula is C22H25N3O5. The number of carbonyl (C=O) groups excluding carboxylic acids is 3. The molecule has 30 heavy (non-hydrogen) atoms. The molecule has 0 unspecified atom stereocenters. The number of amides is 3. The third-order valence-corrected chi connectivity index (χ3v) is 4.49. The van der Waals surface area contributed by atoms with Gasteiger partial charge in [-0.3, -0.25) is 14.9 Å². The molecule has 1 aliphatic rings. The van der Waals surface area contributed by atoms with E-state index in [1.54, 1.807) is 55.5 Å². The number of rotatable bonds is 6. The van der Waals surface area contributed by atoms with Gasteiger partial charge in [0.2, 0.25) is 0 Å². The number of para-hydroxylation sites is 2. The molecule has 0 bridgehead atoms. The molecule has 8 heteroatoms. The SMILES string of the molecule is CCCNC(=O)[C@H]1CN(C(=O)c2cccc(NC(=O)OCC)c2)c2ccccc2O1. The van der Waals surface area contributed by atoms with Crippen LogP contribution < -0.4 is 20.3 Å². The fourth-order valence-electron chi connectivity index (χ4n) is 3.10. The Morgan fingerprint density at radius 3 is 2.70 bits per heavy atom. The van der Waals surface area contributed by atoms with Crippen molar-refractivity contribution in [2.75, 3.05) is 29.9 Å². The van der Waals surface area contributed by atoms with Gasteiger partial charge in [-0.2, -0.15) is 0 Å². The summed E-state index contributed by atoms with van der Waals surface area (Å²) < 4.78 is 10.7. The van der Waals surface area contributed by atoms with Crippen LogP contribution in [0.5, 0.6) is 5.75 Å². The number of fused-ring (bicyclic) bond motifs is 1. The second-order valence-corrected chi connectivity index (χ2v) is 6.71. The van der Waals surface area contributed by atoms with Crippen molar-refractivity contribution in [3.05, 3.63) is 54.1 Å². The van der Waals surface area contributed by atoms with Crippen molar-refractivity contribution in [3.8, 4) is 5.75 Å². The molecule has 3 amide bonds. The van der Waals surface area contributed by atoms with Crippen molar-refractivity contribution in [1.29, 1.82) is 0 Å². The average molecular weight is 411 g/mol. The van der Waals surface area contributed by atoms with Gasteiger partial charge in [-0.25, -0.2) is 4.79 Å². The maximum atomic E-state index is 13.3. The Kier molecular flexibility index (Phi) is 6.90. The van der Waals surface area contributed by atoms with Crippen LogP contribution in [0.2, 0.25) is 0 Å². The second kappa shape index (κ2) is 9.78. The number of carbonyl (C=O) groups is 3. The summed E-state index contributed by atoms with van der Waals surface area (Å²) in [6, 6.07) is 13.7. The number of hydrogen-bond donors (Lipinski definition) is 2. The largest absolute Gasteiger partial charge is 0.477 e. The first-order chi connectivity index (χ1) is 14.5. The highest BCUT2D eigenvalue weighted by molar-refractivity contribution is 6.08. The summed E-state index contributed by atoms with van der Waals surface area (Å²) in [7, 11) is 0. The van der Waals surface area contributed by atoms with Crippen molar-refractivity contribution in [1.82, 2.24) is 5.32 Å². The maximum Gasteiger partial charge on any atom is 0.411 e. The molecule has 0 saturated carbocycles. The van der Waals surface area contributed by atoms with Crippen LogP contribution >= 0.6 is 0 Å². The molecule has 0 radical (unpaired) electrons. The van der Waals surface area contributed by atoms with Crippen LogP contribution in [0.4, 0.5) is 16.2 Å². The van der Waals surface area contributed by atoms with Gasteiger partial charge in [0.15, 0.2) is 6.10 Å². The van der Waals surface area contributed by atoms with E-state index in [1.807, 2.05) is 6.92 Å². The normalized spacial score (nSPS) is 14.9. The molecule has 1 atom stereocenters. The van der Waals surface area contributed by atoms with Gasteiger partial charge in [-0.05, 0) is 43.7 Å². The highest BCUT2D eigenvalue weighted by Gasteiger charge is 2.34. The van der Waals surface area contributed by atoms with Gasteiger partial charge in [0, 0.05) is 17.8 Å². The van der Waals surface area contributed by atoms with Crippen molar-refractivity contribution in [2.24, 2.45) is 0 Å². The molecule has 0 fully saturated rings. The maximum absolute atomic E-state index is 13.3. The van der Waals surface area contributed by atoms with Gasteiger partial charge < -0.3 is 19.7 Å². The van der Waals surface area contributed by atoms with Crippen LogP contribution in [0, 0.1) is 0 Å². The zero-order valence-corrected chi connectivity index (χ0v) is 17.0. The van der Waals surface area contributed by atoms with E-state index in [-0.39, 0.29) is 25.0 Å². The Labute approximate surface area is 175 Å². The van der Waals surface area contributed by atoms with Gasteiger partial charge in [0.05, 0.1) is 18.8 Å². The predicted molar refractivity (Wildman–Crippen MR) is 113 cm³/mol. The van der Waals surface area contributed by atoms with Crippen LogP contribution in [-0.4, -0.2) is 43.7 Å². The summed E-state index contributed by atoms with van der Waals surface area (Å²) in [5.74, 6) is -0.0945. The number of hydrogen-bond acceptors (Lipinski definition) is 5. The van der Waals surface area contributed by atoms with E-state index in [0.29, 0.717) is 29.2 Å². The van der Waals surface area contributed by atoms with E-state index >= 15 is 0 Å². The number of nitrogens with zero attached hydrogens (tertiary/aromatic N) is 1. The third-order valence-electron chi connectivity index (χ3n) is 4.49. The van der Waals surface area contributed by atoms with Crippen molar-refractivity contribution >= 4 is 29.3 Å². The summed E-state index contributed by atoms with van der Waals surface area (Å²) in [6.45, 7) is 4.54. The lowest BCUT2D eigenvalue weighted by Gasteiger charge is -2.34. The lowest BCUT2D eigenvalue weighted by Crippen LogP contribution is -2.50. The lowest BCUT2D eigenvalue weighted by atomic mass is 10.1. The van der Waals surface area contributed by atoms with Crippen LogP contribution in [0.1, 0.15) is 30.6 Å². The van der Waals surface area contributed by atoms with Crippen LogP contribution in [0.15, 0.2) is 48.5 Å². The number of anilines is 2. The van der Waals surface area contributed by atoms with E-state index in [1.165, 1.54) is 4.90 Å². The molecule has 0 aromatic heterocycles. The standard InChI is InChI=1S/C22H25N3O5/c1-3-12-23-20(26)19-14-25(17-10-5-6-11-18(17)30-19)21(27)15-8-7-9-16(13-15)24-22(28)29-4-2/h5-11,13,19H,3-4,12,14H2,1-2H3,(H,23,26)(H,24,28)/t19-/m1/s1. The summed E-state index contributed by atoms with van der Waals surface area (Å²) in [5.41, 5.74) is 1.40. The molecule has 1 aliphatic heterocycles. The minimum absolute atomic E-state index is 0.0843. The van der Waals surface area contributed by atoms with E-state index in [4.69, 9.17) is 9.47 Å². The van der Waals surface area contributed by atoms with E-state index in [2.05, 4.69) is 10.6 Å². The number of benzene rings is 2. The zero-order valence-electron chi connectivity index (χ0n) is 17.0. The molecule has 2 N–H and O–H groups in total. The van der Waals surface area contributed by atoms with E-state index in [0.717, 1.165) is 6.42 Å². The van der Waals surface area contributed by atoms with Crippen LogP contribution in [0.25, 0.3) is 0 Å². The van der Waals surface area contributed by atoms with Crippen molar-refractivity contribution in [3.63, 3.8) is 0 Å².